The summed E-state index contributed by atoms with van der Waals surface area (Å²) in [5, 5.41) is 3.71. The molecule has 1 atom stereocenters. The topological polar surface area (TPSA) is 58.6 Å². The van der Waals surface area contributed by atoms with Gasteiger partial charge in [0.2, 0.25) is 5.91 Å². The van der Waals surface area contributed by atoms with Crippen LogP contribution in [0.15, 0.2) is 42.5 Å². The van der Waals surface area contributed by atoms with Gasteiger partial charge in [-0.3, -0.25) is 9.59 Å². The van der Waals surface area contributed by atoms with Gasteiger partial charge in [0.15, 0.2) is 6.61 Å². The second-order valence-electron chi connectivity index (χ2n) is 8.62. The van der Waals surface area contributed by atoms with E-state index in [2.05, 4.69) is 5.32 Å². The molecule has 2 amide bonds. The summed E-state index contributed by atoms with van der Waals surface area (Å²) in [4.78, 5) is 27.8. The standard InChI is InChI=1S/C26H33ClN2O3/c1-18-10-9-15-24(19(18)2)32-17-25(30)29(16-21-11-7-8-14-23(21)27)20(3)26(31)28-22-12-5-4-6-13-22/h7-11,14-15,20,22H,4-6,12-13,16-17H2,1-3H3,(H,28,31)/t20-/m0/s1. The molecule has 0 saturated heterocycles. The van der Waals surface area contributed by atoms with Gasteiger partial charge in [-0.1, -0.05) is 61.2 Å². The Morgan fingerprint density at radius 2 is 1.81 bits per heavy atom. The minimum atomic E-state index is -0.636. The molecular formula is C26H33ClN2O3. The van der Waals surface area contributed by atoms with Gasteiger partial charge >= 0.3 is 0 Å². The van der Waals surface area contributed by atoms with Gasteiger partial charge in [-0.25, -0.2) is 0 Å². The highest BCUT2D eigenvalue weighted by Gasteiger charge is 2.29. The molecule has 2 aromatic rings. The number of carbonyl (C=O) groups excluding carboxylic acids is 2. The maximum atomic E-state index is 13.2. The van der Waals surface area contributed by atoms with Gasteiger partial charge in [0.05, 0.1) is 0 Å². The lowest BCUT2D eigenvalue weighted by Crippen LogP contribution is -2.51. The SMILES string of the molecule is Cc1cccc(OCC(=O)N(Cc2ccccc2Cl)[C@@H](C)C(=O)NC2CCCCC2)c1C. The first-order chi connectivity index (χ1) is 15.4. The first-order valence-corrected chi connectivity index (χ1v) is 11.8. The van der Waals surface area contributed by atoms with Gasteiger partial charge in [-0.15, -0.1) is 0 Å². The zero-order valence-corrected chi connectivity index (χ0v) is 20.0. The molecule has 5 nitrogen and oxygen atoms in total. The van der Waals surface area contributed by atoms with Crippen LogP contribution in [0.25, 0.3) is 0 Å². The molecule has 2 aromatic carbocycles. The molecule has 0 aromatic heterocycles. The van der Waals surface area contributed by atoms with Gasteiger partial charge in [0, 0.05) is 17.6 Å². The molecule has 32 heavy (non-hydrogen) atoms. The Kier molecular flexibility index (Phi) is 8.57. The van der Waals surface area contributed by atoms with E-state index in [9.17, 15) is 9.59 Å². The largest absolute Gasteiger partial charge is 0.483 e. The van der Waals surface area contributed by atoms with E-state index in [1.54, 1.807) is 17.9 Å². The fraction of sp³-hybridized carbons (Fsp3) is 0.462. The molecule has 0 aliphatic heterocycles. The molecule has 6 heteroatoms. The highest BCUT2D eigenvalue weighted by molar-refractivity contribution is 6.31. The van der Waals surface area contributed by atoms with Crippen molar-refractivity contribution in [2.75, 3.05) is 6.61 Å². The molecule has 0 radical (unpaired) electrons. The summed E-state index contributed by atoms with van der Waals surface area (Å²) in [6, 6.07) is 12.7. The molecule has 172 valence electrons. The smallest absolute Gasteiger partial charge is 0.261 e. The van der Waals surface area contributed by atoms with E-state index in [-0.39, 0.29) is 31.0 Å². The first kappa shape index (κ1) is 24.1. The number of hydrogen-bond donors (Lipinski definition) is 1. The highest BCUT2D eigenvalue weighted by Crippen LogP contribution is 2.23. The van der Waals surface area contributed by atoms with Gasteiger partial charge < -0.3 is 15.0 Å². The van der Waals surface area contributed by atoms with E-state index in [1.807, 2.05) is 50.2 Å². The van der Waals surface area contributed by atoms with Gasteiger partial charge in [-0.2, -0.15) is 0 Å². The summed E-state index contributed by atoms with van der Waals surface area (Å²) in [5.41, 5.74) is 2.90. The number of amides is 2. The lowest BCUT2D eigenvalue weighted by atomic mass is 9.95. The molecule has 1 saturated carbocycles. The Bertz CT molecular complexity index is 940. The van der Waals surface area contributed by atoms with Gasteiger partial charge in [0.1, 0.15) is 11.8 Å². The zero-order chi connectivity index (χ0) is 23.1. The minimum Gasteiger partial charge on any atom is -0.483 e. The van der Waals surface area contributed by atoms with Crippen molar-refractivity contribution in [1.82, 2.24) is 10.2 Å². The Labute approximate surface area is 196 Å². The number of aryl methyl sites for hydroxylation is 1. The number of ether oxygens (including phenoxy) is 1. The van der Waals surface area contributed by atoms with Gasteiger partial charge in [-0.05, 0) is 62.4 Å². The molecule has 1 aliphatic carbocycles. The number of nitrogens with zero attached hydrogens (tertiary/aromatic N) is 1. The number of benzene rings is 2. The van der Waals surface area contributed by atoms with Crippen molar-refractivity contribution < 1.29 is 14.3 Å². The van der Waals surface area contributed by atoms with Crippen molar-refractivity contribution >= 4 is 23.4 Å². The normalized spacial score (nSPS) is 15.1. The van der Waals surface area contributed by atoms with E-state index < -0.39 is 6.04 Å². The van der Waals surface area contributed by atoms with Crippen molar-refractivity contribution in [3.63, 3.8) is 0 Å². The summed E-state index contributed by atoms with van der Waals surface area (Å²) in [6.07, 6.45) is 5.46. The highest BCUT2D eigenvalue weighted by atomic mass is 35.5. The number of carbonyl (C=O) groups is 2. The minimum absolute atomic E-state index is 0.135. The summed E-state index contributed by atoms with van der Waals surface area (Å²) in [7, 11) is 0. The van der Waals surface area contributed by atoms with Crippen molar-refractivity contribution in [3.8, 4) is 5.75 Å². The van der Waals surface area contributed by atoms with Gasteiger partial charge in [0.25, 0.3) is 5.91 Å². The molecule has 0 spiro atoms. The van der Waals surface area contributed by atoms with Crippen LogP contribution >= 0.6 is 11.6 Å². The van der Waals surface area contributed by atoms with Crippen LogP contribution in [0.3, 0.4) is 0 Å². The van der Waals surface area contributed by atoms with E-state index in [0.29, 0.717) is 10.8 Å². The van der Waals surface area contributed by atoms with Crippen molar-refractivity contribution in [3.05, 3.63) is 64.2 Å². The molecule has 3 rings (SSSR count). The Morgan fingerprint density at radius 3 is 2.53 bits per heavy atom. The lowest BCUT2D eigenvalue weighted by Gasteiger charge is -2.31. The fourth-order valence-electron chi connectivity index (χ4n) is 4.06. The number of nitrogens with one attached hydrogen (secondary N) is 1. The quantitative estimate of drug-likeness (QED) is 0.593. The predicted octanol–water partition coefficient (Wildman–Crippen LogP) is 5.20. The molecule has 1 fully saturated rings. The third kappa shape index (κ3) is 6.26. The first-order valence-electron chi connectivity index (χ1n) is 11.4. The predicted molar refractivity (Wildman–Crippen MR) is 128 cm³/mol. The molecule has 1 N–H and O–H groups in total. The Balaban J connectivity index is 1.74. The van der Waals surface area contributed by atoms with Crippen LogP contribution in [0.2, 0.25) is 5.02 Å². The second-order valence-corrected chi connectivity index (χ2v) is 9.03. The summed E-state index contributed by atoms with van der Waals surface area (Å²) in [6.45, 7) is 5.84. The fourth-order valence-corrected chi connectivity index (χ4v) is 4.26. The maximum absolute atomic E-state index is 13.2. The number of hydrogen-bond acceptors (Lipinski definition) is 3. The molecule has 1 aliphatic rings. The van der Waals surface area contributed by atoms with Crippen LogP contribution in [0, 0.1) is 13.8 Å². The van der Waals surface area contributed by atoms with Crippen molar-refractivity contribution in [2.45, 2.75) is 71.5 Å². The van der Waals surface area contributed by atoms with E-state index in [0.717, 1.165) is 42.4 Å². The van der Waals surface area contributed by atoms with E-state index in [1.165, 1.54) is 6.42 Å². The van der Waals surface area contributed by atoms with Crippen LogP contribution in [-0.4, -0.2) is 35.4 Å². The average Bonchev–Trinajstić information content (AvgIpc) is 2.79. The van der Waals surface area contributed by atoms with Crippen LogP contribution in [0.5, 0.6) is 5.75 Å². The van der Waals surface area contributed by atoms with Crippen LogP contribution in [-0.2, 0) is 16.1 Å². The molecular weight excluding hydrogens is 424 g/mol. The molecule has 0 unspecified atom stereocenters. The lowest BCUT2D eigenvalue weighted by molar-refractivity contribution is -0.142. The molecule has 0 heterocycles. The summed E-state index contributed by atoms with van der Waals surface area (Å²) < 4.78 is 5.85. The van der Waals surface area contributed by atoms with E-state index >= 15 is 0 Å². The van der Waals surface area contributed by atoms with Crippen molar-refractivity contribution in [2.24, 2.45) is 0 Å². The third-order valence-electron chi connectivity index (χ3n) is 6.32. The summed E-state index contributed by atoms with van der Waals surface area (Å²) >= 11 is 6.35. The third-order valence-corrected chi connectivity index (χ3v) is 6.69. The zero-order valence-electron chi connectivity index (χ0n) is 19.2. The Hall–Kier alpha value is -2.53. The molecule has 0 bridgehead atoms. The van der Waals surface area contributed by atoms with Crippen LogP contribution in [0.1, 0.15) is 55.7 Å². The van der Waals surface area contributed by atoms with Crippen LogP contribution < -0.4 is 10.1 Å². The average molecular weight is 457 g/mol. The van der Waals surface area contributed by atoms with E-state index in [4.69, 9.17) is 16.3 Å². The second kappa shape index (κ2) is 11.4. The van der Waals surface area contributed by atoms with Crippen molar-refractivity contribution in [1.29, 1.82) is 0 Å². The maximum Gasteiger partial charge on any atom is 0.261 e. The number of rotatable bonds is 8. The summed E-state index contributed by atoms with van der Waals surface area (Å²) in [5.74, 6) is 0.288. The monoisotopic (exact) mass is 456 g/mol. The Morgan fingerprint density at radius 1 is 1.09 bits per heavy atom. The number of halogens is 1. The van der Waals surface area contributed by atoms with Crippen LogP contribution in [0.4, 0.5) is 0 Å².